The van der Waals surface area contributed by atoms with Crippen molar-refractivity contribution in [3.8, 4) is 11.5 Å². The summed E-state index contributed by atoms with van der Waals surface area (Å²) < 4.78 is 14.0. The van der Waals surface area contributed by atoms with E-state index in [1.165, 1.54) is 18.2 Å². The number of aryl methyl sites for hydroxylation is 1. The lowest BCUT2D eigenvalue weighted by atomic mass is 10.1. The highest BCUT2D eigenvalue weighted by Gasteiger charge is 2.21. The van der Waals surface area contributed by atoms with Gasteiger partial charge in [0.05, 0.1) is 35.7 Å². The Balaban J connectivity index is 0.000000231. The van der Waals surface area contributed by atoms with E-state index in [9.17, 15) is 19.2 Å². The third-order valence-electron chi connectivity index (χ3n) is 9.32. The summed E-state index contributed by atoms with van der Waals surface area (Å²) in [4.78, 5) is 56.7. The zero-order chi connectivity index (χ0) is 37.0. The van der Waals surface area contributed by atoms with E-state index in [1.54, 1.807) is 47.3 Å². The molecule has 0 spiro atoms. The van der Waals surface area contributed by atoms with Gasteiger partial charge in [-0.25, -0.2) is 0 Å². The number of rotatable bonds is 13. The Labute approximate surface area is 308 Å². The molecule has 4 heterocycles. The molecule has 52 heavy (non-hydrogen) atoms. The summed E-state index contributed by atoms with van der Waals surface area (Å²) in [5.41, 5.74) is 3.09. The van der Waals surface area contributed by atoms with Crippen LogP contribution in [0.25, 0.3) is 10.1 Å². The van der Waals surface area contributed by atoms with E-state index in [0.717, 1.165) is 73.8 Å². The van der Waals surface area contributed by atoms with E-state index in [0.29, 0.717) is 40.6 Å². The maximum atomic E-state index is 12.4. The van der Waals surface area contributed by atoms with Crippen LogP contribution in [0.4, 0.5) is 17.1 Å². The Morgan fingerprint density at radius 1 is 0.962 bits per heavy atom. The summed E-state index contributed by atoms with van der Waals surface area (Å²) in [6.45, 7) is 3.14. The summed E-state index contributed by atoms with van der Waals surface area (Å²) in [7, 11) is 7.21. The fourth-order valence-corrected chi connectivity index (χ4v) is 7.31. The Kier molecular flexibility index (Phi) is 13.6. The maximum Gasteiger partial charge on any atom is 0.263 e. The van der Waals surface area contributed by atoms with Crippen molar-refractivity contribution in [3.05, 3.63) is 64.8 Å². The average Bonchev–Trinajstić information content (AvgIpc) is 3.89. The number of nitrogens with zero attached hydrogens (tertiary/aromatic N) is 4. The number of piperidine rings is 1. The van der Waals surface area contributed by atoms with Crippen molar-refractivity contribution in [3.63, 3.8) is 0 Å². The van der Waals surface area contributed by atoms with Crippen molar-refractivity contribution in [2.24, 2.45) is 12.0 Å². The summed E-state index contributed by atoms with van der Waals surface area (Å²) in [6.07, 6.45) is 11.5. The first-order valence-electron chi connectivity index (χ1n) is 17.7. The third-order valence-corrected chi connectivity index (χ3v) is 10.4. The summed E-state index contributed by atoms with van der Waals surface area (Å²) >= 11 is 1.60. The Morgan fingerprint density at radius 2 is 1.77 bits per heavy atom. The average molecular weight is 729 g/mol. The lowest BCUT2D eigenvalue weighted by Crippen LogP contribution is -2.35. The first-order chi connectivity index (χ1) is 25.2. The second kappa shape index (κ2) is 18.5. The van der Waals surface area contributed by atoms with Crippen LogP contribution in [0.1, 0.15) is 75.5 Å². The molecule has 2 aliphatic heterocycles. The molecule has 2 aliphatic rings. The van der Waals surface area contributed by atoms with Crippen molar-refractivity contribution in [2.75, 3.05) is 58.1 Å². The van der Waals surface area contributed by atoms with Crippen molar-refractivity contribution in [1.82, 2.24) is 14.4 Å². The molecular weight excluding hydrogens is 681 g/mol. The van der Waals surface area contributed by atoms with Gasteiger partial charge in [-0.3, -0.25) is 29.1 Å². The van der Waals surface area contributed by atoms with Crippen LogP contribution in [0.2, 0.25) is 0 Å². The quantitative estimate of drug-likeness (QED) is 0.0871. The summed E-state index contributed by atoms with van der Waals surface area (Å²) in [5.74, 6) is 0.932. The minimum atomic E-state index is -0.170. The number of amides is 2. The SMILES string of the molecule is CNc1ccc2sc(C(=O)N3CCCCC3)cc2c1.COc1cc(C=O)c(N=CC2CCCN2C)cc1OCCCC(=O)Nc1cc(C=O)n(C)c1. The predicted octanol–water partition coefficient (Wildman–Crippen LogP) is 6.82. The van der Waals surface area contributed by atoms with Crippen LogP contribution < -0.4 is 20.1 Å². The van der Waals surface area contributed by atoms with Crippen LogP contribution in [0.15, 0.2) is 53.7 Å². The molecule has 2 N–H and O–H groups in total. The van der Waals surface area contributed by atoms with Crippen LogP contribution in [-0.4, -0.2) is 98.5 Å². The smallest absolute Gasteiger partial charge is 0.263 e. The number of aldehydes is 2. The van der Waals surface area contributed by atoms with E-state index in [-0.39, 0.29) is 30.9 Å². The number of fused-ring (bicyclic) bond motifs is 1. The lowest BCUT2D eigenvalue weighted by molar-refractivity contribution is -0.116. The topological polar surface area (TPSA) is 135 Å². The van der Waals surface area contributed by atoms with Gasteiger partial charge >= 0.3 is 0 Å². The number of hydrogen-bond donors (Lipinski definition) is 2. The van der Waals surface area contributed by atoms with Gasteiger partial charge in [0, 0.05) is 74.1 Å². The first kappa shape index (κ1) is 38.2. The molecule has 1 unspecified atom stereocenters. The molecule has 4 aromatic rings. The molecule has 12 nitrogen and oxygen atoms in total. The number of methoxy groups -OCH3 is 1. The van der Waals surface area contributed by atoms with Gasteiger partial charge in [-0.05, 0) is 93.9 Å². The van der Waals surface area contributed by atoms with Gasteiger partial charge in [0.25, 0.3) is 5.91 Å². The molecule has 2 saturated heterocycles. The van der Waals surface area contributed by atoms with E-state index in [1.807, 2.05) is 30.3 Å². The Morgan fingerprint density at radius 3 is 2.44 bits per heavy atom. The van der Waals surface area contributed by atoms with Gasteiger partial charge in [-0.2, -0.15) is 0 Å². The maximum absolute atomic E-state index is 12.4. The predicted molar refractivity (Wildman–Crippen MR) is 207 cm³/mol. The van der Waals surface area contributed by atoms with Crippen molar-refractivity contribution in [2.45, 2.75) is 51.0 Å². The van der Waals surface area contributed by atoms with Crippen molar-refractivity contribution in [1.29, 1.82) is 0 Å². The van der Waals surface area contributed by atoms with E-state index >= 15 is 0 Å². The first-order valence-corrected chi connectivity index (χ1v) is 18.5. The fraction of sp³-hybridized carbons (Fsp3) is 0.410. The number of aromatic nitrogens is 1. The molecule has 276 valence electrons. The van der Waals surface area contributed by atoms with Gasteiger partial charge in [0.15, 0.2) is 24.1 Å². The minimum absolute atomic E-state index is 0.170. The number of thiophene rings is 1. The molecule has 0 bridgehead atoms. The molecule has 0 aliphatic carbocycles. The van der Waals surface area contributed by atoms with Crippen LogP contribution in [-0.2, 0) is 11.8 Å². The number of carbonyl (C=O) groups is 4. The molecule has 2 aromatic heterocycles. The second-order valence-corrected chi connectivity index (χ2v) is 14.1. The van der Waals surface area contributed by atoms with E-state index in [4.69, 9.17) is 9.47 Å². The number of aliphatic imine (C=N–C) groups is 1. The molecule has 0 radical (unpaired) electrons. The molecule has 13 heteroatoms. The summed E-state index contributed by atoms with van der Waals surface area (Å²) in [5, 5.41) is 7.05. The lowest BCUT2D eigenvalue weighted by Gasteiger charge is -2.26. The Hall–Kier alpha value is -5.01. The highest BCUT2D eigenvalue weighted by atomic mass is 32.1. The van der Waals surface area contributed by atoms with Gasteiger partial charge in [-0.15, -0.1) is 11.3 Å². The van der Waals surface area contributed by atoms with E-state index < -0.39 is 0 Å². The zero-order valence-electron chi connectivity index (χ0n) is 30.4. The molecule has 2 aromatic carbocycles. The third kappa shape index (κ3) is 9.86. The monoisotopic (exact) mass is 728 g/mol. The Bertz CT molecular complexity index is 1900. The fourth-order valence-electron chi connectivity index (χ4n) is 6.30. The van der Waals surface area contributed by atoms with Gasteiger partial charge in [-0.1, -0.05) is 0 Å². The standard InChI is InChI=1S/C24H30N4O5.C15H18N2OS/c1-27-8-4-6-19(27)13-25-21-12-23(22(32-3)10-17(21)15-29)33-9-5-7-24(31)26-18-11-20(16-30)28(2)14-18;1-16-12-5-6-13-11(9-12)10-14(19-13)15(18)17-7-3-2-4-8-17/h10-16,19H,4-9H2,1-3H3,(H,26,31);5-6,9-10,16H,2-4,7-8H2,1H3. The highest BCUT2D eigenvalue weighted by molar-refractivity contribution is 7.20. The molecule has 2 fully saturated rings. The zero-order valence-corrected chi connectivity index (χ0v) is 31.2. The largest absolute Gasteiger partial charge is 0.493 e. The van der Waals surface area contributed by atoms with Gasteiger partial charge < -0.3 is 29.6 Å². The van der Waals surface area contributed by atoms with Crippen LogP contribution in [0.5, 0.6) is 11.5 Å². The molecule has 2 amide bonds. The second-order valence-electron chi connectivity index (χ2n) is 13.0. The van der Waals surface area contributed by atoms with Gasteiger partial charge in [0.1, 0.15) is 0 Å². The number of carbonyl (C=O) groups excluding carboxylic acids is 4. The van der Waals surface area contributed by atoms with Gasteiger partial charge in [0.2, 0.25) is 5.91 Å². The molecule has 6 rings (SSSR count). The minimum Gasteiger partial charge on any atom is -0.493 e. The molecule has 1 atom stereocenters. The number of hydrogen-bond acceptors (Lipinski definition) is 10. The normalized spacial score (nSPS) is 16.0. The number of likely N-dealkylation sites (tertiary alicyclic amines) is 2. The van der Waals surface area contributed by atoms with E-state index in [2.05, 4.69) is 39.7 Å². The molecular formula is C39H48N6O6S. The number of anilines is 2. The summed E-state index contributed by atoms with van der Waals surface area (Å²) in [6, 6.07) is 13.4. The van der Waals surface area contributed by atoms with Crippen LogP contribution in [0, 0.1) is 0 Å². The van der Waals surface area contributed by atoms with Crippen molar-refractivity contribution < 1.29 is 28.7 Å². The highest BCUT2D eigenvalue weighted by Crippen LogP contribution is 2.35. The van der Waals surface area contributed by atoms with Crippen LogP contribution >= 0.6 is 11.3 Å². The number of nitrogens with one attached hydrogen (secondary N) is 2. The number of benzene rings is 2. The molecule has 0 saturated carbocycles. The van der Waals surface area contributed by atoms with Crippen molar-refractivity contribution >= 4 is 69.1 Å². The van der Waals surface area contributed by atoms with Crippen LogP contribution in [0.3, 0.4) is 0 Å². The number of ether oxygens (including phenoxy) is 2.